The number of ether oxygens (including phenoxy) is 1. The van der Waals surface area contributed by atoms with Gasteiger partial charge in [-0.2, -0.15) is 8.42 Å². The van der Waals surface area contributed by atoms with Gasteiger partial charge in [-0.3, -0.25) is 4.18 Å². The molecule has 1 aliphatic carbocycles. The van der Waals surface area contributed by atoms with Crippen molar-refractivity contribution in [2.45, 2.75) is 51.7 Å². The van der Waals surface area contributed by atoms with E-state index in [1.54, 1.807) is 11.3 Å². The Hall–Kier alpha value is -1.71. The highest BCUT2D eigenvalue weighted by Gasteiger charge is 2.33. The predicted molar refractivity (Wildman–Crippen MR) is 109 cm³/mol. The monoisotopic (exact) mass is 426 g/mol. The molecule has 0 radical (unpaired) electrons. The van der Waals surface area contributed by atoms with Gasteiger partial charge in [-0.1, -0.05) is 6.07 Å². The number of alkyl carbamates (subject to hydrolysis) is 1. The number of benzene rings is 1. The molecule has 28 heavy (non-hydrogen) atoms. The first-order valence-corrected chi connectivity index (χ1v) is 11.6. The predicted octanol–water partition coefficient (Wildman–Crippen LogP) is 3.79. The van der Waals surface area contributed by atoms with Gasteiger partial charge in [0, 0.05) is 0 Å². The van der Waals surface area contributed by atoms with E-state index in [1.807, 2.05) is 26.8 Å². The Bertz CT molecular complexity index is 956. The lowest BCUT2D eigenvalue weighted by atomic mass is 9.72. The van der Waals surface area contributed by atoms with E-state index in [9.17, 15) is 13.2 Å². The molecule has 0 bridgehead atoms. The van der Waals surface area contributed by atoms with Crippen molar-refractivity contribution in [2.75, 3.05) is 12.9 Å². The van der Waals surface area contributed by atoms with Gasteiger partial charge in [-0.05, 0) is 63.1 Å². The second-order valence-electron chi connectivity index (χ2n) is 8.12. The molecule has 1 N–H and O–H groups in total. The lowest BCUT2D eigenvalue weighted by Crippen LogP contribution is -2.32. The smallest absolute Gasteiger partial charge is 0.408 e. The van der Waals surface area contributed by atoms with Crippen molar-refractivity contribution in [1.82, 2.24) is 10.3 Å². The van der Waals surface area contributed by atoms with Crippen LogP contribution in [-0.4, -0.2) is 38.0 Å². The molecular formula is C19H26N2O5S2. The van der Waals surface area contributed by atoms with Crippen LogP contribution >= 0.6 is 11.3 Å². The van der Waals surface area contributed by atoms with Crippen LogP contribution in [0.1, 0.15) is 50.1 Å². The number of thiazole rings is 1. The van der Waals surface area contributed by atoms with Crippen molar-refractivity contribution in [3.8, 4) is 0 Å². The van der Waals surface area contributed by atoms with Crippen molar-refractivity contribution in [1.29, 1.82) is 0 Å². The van der Waals surface area contributed by atoms with Crippen LogP contribution in [0.25, 0.3) is 10.2 Å². The van der Waals surface area contributed by atoms with Gasteiger partial charge >= 0.3 is 6.09 Å². The number of carbonyl (C=O) groups is 1. The van der Waals surface area contributed by atoms with E-state index in [-0.39, 0.29) is 11.7 Å². The highest BCUT2D eigenvalue weighted by molar-refractivity contribution is 7.86. The molecule has 0 saturated heterocycles. The molecule has 0 atom stereocenters. The summed E-state index contributed by atoms with van der Waals surface area (Å²) in [6, 6.07) is 6.16. The third kappa shape index (κ3) is 5.42. The van der Waals surface area contributed by atoms with Crippen LogP contribution < -0.4 is 5.32 Å². The minimum absolute atomic E-state index is 0.0866. The maximum absolute atomic E-state index is 11.8. The number of amides is 1. The van der Waals surface area contributed by atoms with Gasteiger partial charge in [-0.15, -0.1) is 11.3 Å². The third-order valence-corrected chi connectivity index (χ3v) is 7.05. The van der Waals surface area contributed by atoms with Crippen LogP contribution in [0.2, 0.25) is 0 Å². The first-order chi connectivity index (χ1) is 13.0. The molecule has 1 saturated carbocycles. The number of hydrogen-bond donors (Lipinski definition) is 1. The summed E-state index contributed by atoms with van der Waals surface area (Å²) in [7, 11) is -2.19. The summed E-state index contributed by atoms with van der Waals surface area (Å²) in [6.45, 7) is 5.79. The molecule has 2 aromatic rings. The van der Waals surface area contributed by atoms with Gasteiger partial charge in [0.05, 0.1) is 29.6 Å². The highest BCUT2D eigenvalue weighted by atomic mass is 32.2. The molecule has 3 rings (SSSR count). The summed E-state index contributed by atoms with van der Waals surface area (Å²) in [4.78, 5) is 16.3. The molecule has 1 aromatic carbocycles. The molecule has 1 fully saturated rings. The average molecular weight is 427 g/mol. The van der Waals surface area contributed by atoms with Gasteiger partial charge in [0.25, 0.3) is 10.1 Å². The molecule has 1 aliphatic rings. The summed E-state index contributed by atoms with van der Waals surface area (Å²) in [5, 5.41) is 3.54. The Morgan fingerprint density at radius 2 is 2.04 bits per heavy atom. The van der Waals surface area contributed by atoms with Crippen molar-refractivity contribution in [2.24, 2.45) is 5.92 Å². The van der Waals surface area contributed by atoms with Crippen molar-refractivity contribution < 1.29 is 22.1 Å². The highest BCUT2D eigenvalue weighted by Crippen LogP contribution is 2.43. The summed E-state index contributed by atoms with van der Waals surface area (Å²) >= 11 is 1.54. The van der Waals surface area contributed by atoms with E-state index in [2.05, 4.69) is 26.6 Å². The van der Waals surface area contributed by atoms with Gasteiger partial charge in [-0.25, -0.2) is 9.78 Å². The fraction of sp³-hybridized carbons (Fsp3) is 0.579. The van der Waals surface area contributed by atoms with Gasteiger partial charge in [0.2, 0.25) is 0 Å². The summed E-state index contributed by atoms with van der Waals surface area (Å²) < 4.78 is 33.9. The molecule has 7 nitrogen and oxygen atoms in total. The second kappa shape index (κ2) is 7.96. The van der Waals surface area contributed by atoms with Crippen LogP contribution in [0.15, 0.2) is 18.2 Å². The van der Waals surface area contributed by atoms with Crippen molar-refractivity contribution >= 4 is 37.8 Å². The van der Waals surface area contributed by atoms with E-state index in [0.29, 0.717) is 12.5 Å². The number of nitrogens with one attached hydrogen (secondary N) is 1. The van der Waals surface area contributed by atoms with Crippen LogP contribution in [0, 0.1) is 5.92 Å². The number of carbonyl (C=O) groups excluding carboxylic acids is 1. The first-order valence-electron chi connectivity index (χ1n) is 9.19. The minimum atomic E-state index is -3.39. The summed E-state index contributed by atoms with van der Waals surface area (Å²) in [5.74, 6) is 0.608. The Balaban J connectivity index is 1.59. The first kappa shape index (κ1) is 21.0. The van der Waals surface area contributed by atoms with E-state index in [1.165, 1.54) is 12.7 Å². The lowest BCUT2D eigenvalue weighted by molar-refractivity contribution is 0.0523. The van der Waals surface area contributed by atoms with Crippen LogP contribution in [0.5, 0.6) is 0 Å². The Labute approximate surface area is 169 Å². The topological polar surface area (TPSA) is 94.6 Å². The van der Waals surface area contributed by atoms with Gasteiger partial charge < -0.3 is 10.1 Å². The largest absolute Gasteiger partial charge is 0.444 e. The summed E-state index contributed by atoms with van der Waals surface area (Å²) in [5.41, 5.74) is 1.57. The van der Waals surface area contributed by atoms with Crippen LogP contribution in [0.3, 0.4) is 0 Å². The fourth-order valence-corrected chi connectivity index (χ4v) is 5.22. The normalized spacial score (nSPS) is 20.0. The number of hydrogen-bond acceptors (Lipinski definition) is 7. The number of fused-ring (bicyclic) bond motifs is 1. The molecule has 0 unspecified atom stereocenters. The van der Waals surface area contributed by atoms with Crippen molar-refractivity contribution in [3.63, 3.8) is 0 Å². The standard InChI is InChI=1S/C19H26N2O5S2/c1-19(2,3)26-18(22)20-10-17-21-15-6-5-13(9-16(15)27-17)14-7-12(8-14)11-28(23,24)25-4/h5-6,9,12,14H,7-8,10-11H2,1-4H3,(H,20,22). The molecule has 154 valence electrons. The zero-order valence-corrected chi connectivity index (χ0v) is 18.2. The van der Waals surface area contributed by atoms with Gasteiger partial charge in [0.15, 0.2) is 0 Å². The Morgan fingerprint density at radius 3 is 2.68 bits per heavy atom. The molecule has 1 amide bonds. The fourth-order valence-electron chi connectivity index (χ4n) is 3.28. The molecule has 0 spiro atoms. The van der Waals surface area contributed by atoms with E-state index < -0.39 is 21.8 Å². The van der Waals surface area contributed by atoms with E-state index in [0.717, 1.165) is 28.1 Å². The zero-order chi connectivity index (χ0) is 20.5. The molecule has 1 aromatic heterocycles. The SMILES string of the molecule is COS(=O)(=O)CC1CC(c2ccc3nc(CNC(=O)OC(C)(C)C)sc3c2)C1. The maximum Gasteiger partial charge on any atom is 0.408 e. The second-order valence-corrected chi connectivity index (χ2v) is 11.0. The molecule has 9 heteroatoms. The lowest BCUT2D eigenvalue weighted by Gasteiger charge is -2.35. The molecule has 1 heterocycles. The number of aromatic nitrogens is 1. The van der Waals surface area contributed by atoms with Gasteiger partial charge in [0.1, 0.15) is 10.6 Å². The third-order valence-electron chi connectivity index (χ3n) is 4.64. The maximum atomic E-state index is 11.8. The minimum Gasteiger partial charge on any atom is -0.444 e. The quantitative estimate of drug-likeness (QED) is 0.706. The van der Waals surface area contributed by atoms with E-state index in [4.69, 9.17) is 4.74 Å². The van der Waals surface area contributed by atoms with Crippen LogP contribution in [0.4, 0.5) is 4.79 Å². The van der Waals surface area contributed by atoms with E-state index >= 15 is 0 Å². The Kier molecular flexibility index (Phi) is 5.97. The summed E-state index contributed by atoms with van der Waals surface area (Å²) in [6.07, 6.45) is 1.24. The van der Waals surface area contributed by atoms with Crippen LogP contribution in [-0.2, 0) is 25.6 Å². The average Bonchev–Trinajstić information content (AvgIpc) is 2.96. The number of rotatable bonds is 6. The molecular weight excluding hydrogens is 400 g/mol. The molecule has 0 aliphatic heterocycles. The van der Waals surface area contributed by atoms with Crippen molar-refractivity contribution in [3.05, 3.63) is 28.8 Å². The number of nitrogens with zero attached hydrogens (tertiary/aromatic N) is 1. The zero-order valence-electron chi connectivity index (χ0n) is 16.5. The Morgan fingerprint density at radius 1 is 1.32 bits per heavy atom.